The van der Waals surface area contributed by atoms with Crippen LogP contribution in [0.25, 0.3) is 17.1 Å². The summed E-state index contributed by atoms with van der Waals surface area (Å²) in [6, 6.07) is 12.6. The minimum absolute atomic E-state index is 0.0733. The van der Waals surface area contributed by atoms with E-state index >= 15 is 0 Å². The molecule has 1 amide bonds. The van der Waals surface area contributed by atoms with Gasteiger partial charge in [-0.15, -0.1) is 10.2 Å². The van der Waals surface area contributed by atoms with Crippen LogP contribution in [0.3, 0.4) is 0 Å². The molecule has 0 saturated heterocycles. The monoisotopic (exact) mass is 551 g/mol. The van der Waals surface area contributed by atoms with Crippen LogP contribution in [0.15, 0.2) is 53.3 Å². The number of carbonyl (C=O) groups is 1. The summed E-state index contributed by atoms with van der Waals surface area (Å²) in [5.41, 5.74) is 5.16. The Labute approximate surface area is 217 Å². The first kappa shape index (κ1) is 26.9. The van der Waals surface area contributed by atoms with E-state index < -0.39 is 37.0 Å². The minimum Gasteiger partial charge on any atom is -0.492 e. The van der Waals surface area contributed by atoms with Gasteiger partial charge in [-0.1, -0.05) is 23.7 Å². The van der Waals surface area contributed by atoms with Crippen molar-refractivity contribution in [3.8, 4) is 22.8 Å². The van der Waals surface area contributed by atoms with Gasteiger partial charge in [-0.3, -0.25) is 9.36 Å². The number of para-hydroxylation sites is 2. The molecule has 3 N–H and O–H groups in total. The smallest absolute Gasteiger partial charge is 0.416 e. The highest BCUT2D eigenvalue weighted by Gasteiger charge is 2.39. The molecule has 0 fully saturated rings. The lowest BCUT2D eigenvalue weighted by Crippen LogP contribution is -2.37. The highest BCUT2D eigenvalue weighted by Crippen LogP contribution is 2.25. The molecule has 4 rings (SSSR count). The van der Waals surface area contributed by atoms with Gasteiger partial charge >= 0.3 is 11.9 Å². The van der Waals surface area contributed by atoms with Gasteiger partial charge in [-0.05, 0) is 43.3 Å². The van der Waals surface area contributed by atoms with Gasteiger partial charge in [0.25, 0.3) is 5.91 Å². The van der Waals surface area contributed by atoms with Crippen LogP contribution in [0.5, 0.6) is 5.75 Å². The molecule has 0 spiro atoms. The Balaban J connectivity index is 1.78. The molecule has 1 unspecified atom stereocenters. The van der Waals surface area contributed by atoms with Crippen molar-refractivity contribution < 1.29 is 27.8 Å². The maximum atomic E-state index is 13.1. The number of nitrogens with zero attached hydrogens (tertiary/aromatic N) is 6. The number of ether oxygens (including phenoxy) is 1. The molecule has 0 bridgehead atoms. The Morgan fingerprint density at radius 3 is 2.47 bits per heavy atom. The molecule has 0 aliphatic heterocycles. The van der Waals surface area contributed by atoms with Crippen molar-refractivity contribution in [2.24, 2.45) is 5.73 Å². The third-order valence-corrected chi connectivity index (χ3v) is 5.57. The molecular formula is C23H21ClF3N7O4. The predicted octanol–water partition coefficient (Wildman–Crippen LogP) is 2.41. The highest BCUT2D eigenvalue weighted by atomic mass is 35.5. The Hall–Kier alpha value is -4.17. The Morgan fingerprint density at radius 1 is 1.16 bits per heavy atom. The molecular weight excluding hydrogens is 531 g/mol. The second-order valence-corrected chi connectivity index (χ2v) is 8.40. The number of nitrogens with two attached hydrogens (primary N) is 1. The summed E-state index contributed by atoms with van der Waals surface area (Å²) in [6.45, 7) is 0.582. The maximum Gasteiger partial charge on any atom is 0.416 e. The van der Waals surface area contributed by atoms with Gasteiger partial charge in [0.1, 0.15) is 18.0 Å². The molecule has 38 heavy (non-hydrogen) atoms. The highest BCUT2D eigenvalue weighted by molar-refractivity contribution is 6.30. The number of aliphatic hydroxyl groups excluding tert-OH is 1. The number of primary amides is 1. The molecule has 0 saturated carbocycles. The Bertz CT molecular complexity index is 1510. The lowest BCUT2D eigenvalue weighted by Gasteiger charge is -2.15. The lowest BCUT2D eigenvalue weighted by atomic mass is 10.2. The molecule has 2 aromatic heterocycles. The van der Waals surface area contributed by atoms with Gasteiger partial charge in [0.15, 0.2) is 17.8 Å². The third kappa shape index (κ3) is 5.55. The minimum atomic E-state index is -4.97. The van der Waals surface area contributed by atoms with Crippen LogP contribution in [-0.2, 0) is 13.1 Å². The summed E-state index contributed by atoms with van der Waals surface area (Å²) in [4.78, 5) is 29.3. The first-order valence-electron chi connectivity index (χ1n) is 11.2. The van der Waals surface area contributed by atoms with E-state index in [1.807, 2.05) is 0 Å². The first-order chi connectivity index (χ1) is 18.0. The standard InChI is InChI=1S/C23H21ClF3N7O4/c1-2-38-16-6-4-3-5-15(16)34-21(19(28)36)29-18(30-34)12-33-22(37)32(11-17(35)23(25,26)27)20(31-33)13-7-9-14(24)10-8-13/h3-10,17,35H,2,11-12H2,1H3,(H2,28,36). The van der Waals surface area contributed by atoms with Crippen molar-refractivity contribution in [1.82, 2.24) is 29.1 Å². The van der Waals surface area contributed by atoms with Gasteiger partial charge < -0.3 is 15.6 Å². The SMILES string of the molecule is CCOc1ccccc1-n1nc(Cn2nc(-c3ccc(Cl)cc3)n(CC(O)C(F)(F)F)c2=O)nc1C(N)=O. The second kappa shape index (κ2) is 10.7. The summed E-state index contributed by atoms with van der Waals surface area (Å²) in [5.74, 6) is -1.00. The van der Waals surface area contributed by atoms with Crippen LogP contribution in [0.4, 0.5) is 13.2 Å². The summed E-state index contributed by atoms with van der Waals surface area (Å²) < 4.78 is 47.5. The van der Waals surface area contributed by atoms with E-state index in [2.05, 4.69) is 15.2 Å². The average molecular weight is 552 g/mol. The van der Waals surface area contributed by atoms with E-state index in [9.17, 15) is 27.9 Å². The van der Waals surface area contributed by atoms with Crippen LogP contribution < -0.4 is 16.2 Å². The number of halogens is 4. The van der Waals surface area contributed by atoms with E-state index in [-0.39, 0.29) is 23.0 Å². The fourth-order valence-corrected chi connectivity index (χ4v) is 3.72. The maximum absolute atomic E-state index is 13.1. The van der Waals surface area contributed by atoms with Crippen molar-refractivity contribution in [1.29, 1.82) is 0 Å². The molecule has 4 aromatic rings. The fourth-order valence-electron chi connectivity index (χ4n) is 3.59. The third-order valence-electron chi connectivity index (χ3n) is 5.31. The largest absolute Gasteiger partial charge is 0.492 e. The summed E-state index contributed by atoms with van der Waals surface area (Å²) in [6.07, 6.45) is -7.79. The van der Waals surface area contributed by atoms with Crippen molar-refractivity contribution >= 4 is 17.5 Å². The first-order valence-corrected chi connectivity index (χ1v) is 11.5. The zero-order valence-electron chi connectivity index (χ0n) is 19.8. The fraction of sp³-hybridized carbons (Fsp3) is 0.261. The molecule has 0 aliphatic rings. The number of hydrogen-bond acceptors (Lipinski definition) is 7. The summed E-state index contributed by atoms with van der Waals surface area (Å²) >= 11 is 5.90. The number of benzene rings is 2. The summed E-state index contributed by atoms with van der Waals surface area (Å²) in [5, 5.41) is 18.4. The van der Waals surface area contributed by atoms with Crippen molar-refractivity contribution in [3.63, 3.8) is 0 Å². The molecule has 2 heterocycles. The lowest BCUT2D eigenvalue weighted by molar-refractivity contribution is -0.207. The predicted molar refractivity (Wildman–Crippen MR) is 129 cm³/mol. The van der Waals surface area contributed by atoms with Crippen LogP contribution in [-0.4, -0.2) is 59.0 Å². The van der Waals surface area contributed by atoms with Crippen molar-refractivity contribution in [2.75, 3.05) is 6.61 Å². The van der Waals surface area contributed by atoms with Crippen molar-refractivity contribution in [3.05, 3.63) is 75.7 Å². The number of alkyl halides is 3. The zero-order chi connectivity index (χ0) is 27.6. The van der Waals surface area contributed by atoms with E-state index in [4.69, 9.17) is 22.1 Å². The number of carbonyl (C=O) groups excluding carboxylic acids is 1. The van der Waals surface area contributed by atoms with Gasteiger partial charge in [0, 0.05) is 10.6 Å². The van der Waals surface area contributed by atoms with E-state index in [0.29, 0.717) is 27.6 Å². The van der Waals surface area contributed by atoms with Crippen LogP contribution >= 0.6 is 11.6 Å². The van der Waals surface area contributed by atoms with Crippen LogP contribution in [0.2, 0.25) is 5.02 Å². The van der Waals surface area contributed by atoms with Gasteiger partial charge in [-0.2, -0.15) is 13.2 Å². The van der Waals surface area contributed by atoms with Gasteiger partial charge in [-0.25, -0.2) is 19.1 Å². The number of aromatic nitrogens is 6. The van der Waals surface area contributed by atoms with E-state index in [0.717, 1.165) is 9.36 Å². The van der Waals surface area contributed by atoms with Crippen LogP contribution in [0, 0.1) is 0 Å². The van der Waals surface area contributed by atoms with Gasteiger partial charge in [0.2, 0.25) is 5.82 Å². The normalized spacial score (nSPS) is 12.5. The van der Waals surface area contributed by atoms with Crippen LogP contribution in [0.1, 0.15) is 23.4 Å². The molecule has 11 nitrogen and oxygen atoms in total. The topological polar surface area (TPSA) is 143 Å². The van der Waals surface area contributed by atoms with Crippen molar-refractivity contribution in [2.45, 2.75) is 32.3 Å². The summed E-state index contributed by atoms with van der Waals surface area (Å²) in [7, 11) is 0. The number of aliphatic hydroxyl groups is 1. The number of amides is 1. The van der Waals surface area contributed by atoms with E-state index in [1.54, 1.807) is 31.2 Å². The molecule has 200 valence electrons. The van der Waals surface area contributed by atoms with E-state index in [1.165, 1.54) is 24.3 Å². The molecule has 0 aliphatic carbocycles. The zero-order valence-corrected chi connectivity index (χ0v) is 20.5. The molecule has 15 heteroatoms. The molecule has 1 atom stereocenters. The Kier molecular flexibility index (Phi) is 7.55. The molecule has 2 aromatic carbocycles. The Morgan fingerprint density at radius 2 is 1.84 bits per heavy atom. The van der Waals surface area contributed by atoms with Gasteiger partial charge in [0.05, 0.1) is 13.2 Å². The number of rotatable bonds is 9. The second-order valence-electron chi connectivity index (χ2n) is 7.97. The number of hydrogen-bond donors (Lipinski definition) is 2. The average Bonchev–Trinajstić information content (AvgIpc) is 3.42. The molecule has 0 radical (unpaired) electrons. The quantitative estimate of drug-likeness (QED) is 0.325.